The lowest BCUT2D eigenvalue weighted by Gasteiger charge is -2.38. The highest BCUT2D eigenvalue weighted by atomic mass is 16.4. The van der Waals surface area contributed by atoms with Crippen LogP contribution in [0.25, 0.3) is 0 Å². The van der Waals surface area contributed by atoms with Crippen molar-refractivity contribution in [2.45, 2.75) is 18.9 Å². The zero-order valence-corrected chi connectivity index (χ0v) is 6.49. The first-order valence-corrected chi connectivity index (χ1v) is 3.60. The highest BCUT2D eigenvalue weighted by Crippen LogP contribution is 2.20. The molecule has 1 aliphatic heterocycles. The van der Waals surface area contributed by atoms with E-state index in [1.165, 1.54) is 4.90 Å². The average molecular weight is 167 g/mol. The average Bonchev–Trinajstić information content (AvgIpc) is 2.00. The fourth-order valence-electron chi connectivity index (χ4n) is 1.20. The van der Waals surface area contributed by atoms with Crippen LogP contribution in [0.4, 0.5) is 0 Å². The Morgan fingerprint density at radius 3 is 2.92 bits per heavy atom. The van der Waals surface area contributed by atoms with Gasteiger partial charge in [0.05, 0.1) is 6.04 Å². The van der Waals surface area contributed by atoms with Gasteiger partial charge >= 0.3 is 5.97 Å². The Labute approximate surface area is 70.2 Å². The monoisotopic (exact) mass is 167 g/mol. The third kappa shape index (κ3) is 1.56. The number of β-lactam (4-membered cyclic amide) rings is 1. The molecule has 0 aromatic rings. The molecular formula is C8H9NO3. The van der Waals surface area contributed by atoms with Crippen molar-refractivity contribution in [2.75, 3.05) is 6.54 Å². The first kappa shape index (κ1) is 8.60. The molecule has 1 amide bonds. The first-order chi connectivity index (χ1) is 5.65. The Morgan fingerprint density at radius 1 is 1.83 bits per heavy atom. The van der Waals surface area contributed by atoms with Crippen LogP contribution < -0.4 is 0 Å². The summed E-state index contributed by atoms with van der Waals surface area (Å²) in [4.78, 5) is 22.4. The molecule has 1 heterocycles. The van der Waals surface area contributed by atoms with Gasteiger partial charge in [0.15, 0.2) is 0 Å². The number of nitrogens with zero attached hydrogens (tertiary/aromatic N) is 1. The van der Waals surface area contributed by atoms with Gasteiger partial charge in [0.1, 0.15) is 6.54 Å². The molecule has 1 aliphatic rings. The van der Waals surface area contributed by atoms with E-state index < -0.39 is 5.97 Å². The maximum absolute atomic E-state index is 10.8. The lowest BCUT2D eigenvalue weighted by atomic mass is 9.99. The van der Waals surface area contributed by atoms with Crippen LogP contribution in [0.3, 0.4) is 0 Å². The van der Waals surface area contributed by atoms with Crippen LogP contribution in [0.5, 0.6) is 0 Å². The van der Waals surface area contributed by atoms with Gasteiger partial charge in [0.2, 0.25) is 5.91 Å². The van der Waals surface area contributed by atoms with E-state index in [1.807, 2.05) is 0 Å². The molecule has 64 valence electrons. The predicted octanol–water partition coefficient (Wildman–Crippen LogP) is -0.305. The summed E-state index contributed by atoms with van der Waals surface area (Å²) in [6, 6.07) is -0.0569. The molecule has 1 atom stereocenters. The second kappa shape index (κ2) is 3.26. The van der Waals surface area contributed by atoms with Crippen LogP contribution in [-0.2, 0) is 9.59 Å². The van der Waals surface area contributed by atoms with Crippen LogP contribution in [0.1, 0.15) is 12.8 Å². The molecule has 0 radical (unpaired) electrons. The summed E-state index contributed by atoms with van der Waals surface area (Å²) in [5.74, 6) is 1.28. The van der Waals surface area contributed by atoms with Crippen LogP contribution in [0, 0.1) is 12.3 Å². The van der Waals surface area contributed by atoms with Crippen molar-refractivity contribution < 1.29 is 14.7 Å². The van der Waals surface area contributed by atoms with Crippen molar-refractivity contribution in [1.29, 1.82) is 0 Å². The second-order valence-electron chi connectivity index (χ2n) is 2.68. The van der Waals surface area contributed by atoms with Crippen molar-refractivity contribution in [2.24, 2.45) is 0 Å². The lowest BCUT2D eigenvalue weighted by molar-refractivity contribution is -0.154. The van der Waals surface area contributed by atoms with E-state index in [-0.39, 0.29) is 18.5 Å². The highest BCUT2D eigenvalue weighted by Gasteiger charge is 2.36. The molecule has 4 heteroatoms. The number of aliphatic carboxylic acids is 1. The number of carboxylic acid groups (broad SMARTS) is 1. The summed E-state index contributed by atoms with van der Waals surface area (Å²) in [6.45, 7) is -0.231. The number of likely N-dealkylation sites (tertiary alicyclic amines) is 1. The molecule has 12 heavy (non-hydrogen) atoms. The zero-order valence-electron chi connectivity index (χ0n) is 6.49. The van der Waals surface area contributed by atoms with Crippen LogP contribution in [0.15, 0.2) is 0 Å². The van der Waals surface area contributed by atoms with E-state index in [0.29, 0.717) is 12.8 Å². The van der Waals surface area contributed by atoms with Gasteiger partial charge in [-0.3, -0.25) is 9.59 Å². The van der Waals surface area contributed by atoms with Gasteiger partial charge in [-0.1, -0.05) is 0 Å². The maximum Gasteiger partial charge on any atom is 0.323 e. The molecule has 0 aliphatic carbocycles. The second-order valence-corrected chi connectivity index (χ2v) is 2.68. The normalized spacial score (nSPS) is 21.4. The third-order valence-electron chi connectivity index (χ3n) is 1.83. The van der Waals surface area contributed by atoms with E-state index in [4.69, 9.17) is 11.5 Å². The van der Waals surface area contributed by atoms with Gasteiger partial charge in [0.25, 0.3) is 0 Å². The highest BCUT2D eigenvalue weighted by molar-refractivity contribution is 5.86. The number of carbonyl (C=O) groups excluding carboxylic acids is 1. The van der Waals surface area contributed by atoms with E-state index in [1.54, 1.807) is 0 Å². The number of hydrogen-bond donors (Lipinski definition) is 1. The lowest BCUT2D eigenvalue weighted by Crippen LogP contribution is -2.54. The zero-order chi connectivity index (χ0) is 9.14. The van der Waals surface area contributed by atoms with Gasteiger partial charge in [-0.05, 0) is 0 Å². The predicted molar refractivity (Wildman–Crippen MR) is 41.2 cm³/mol. The quantitative estimate of drug-likeness (QED) is 0.463. The SMILES string of the molecule is C#CCC1CC(=O)N1CC(=O)O. The Kier molecular flexibility index (Phi) is 2.34. The molecule has 1 fully saturated rings. The number of terminal acetylenes is 1. The van der Waals surface area contributed by atoms with Crippen molar-refractivity contribution in [1.82, 2.24) is 4.90 Å². The van der Waals surface area contributed by atoms with Crippen LogP contribution in [-0.4, -0.2) is 34.5 Å². The Hall–Kier alpha value is -1.50. The number of hydrogen-bond acceptors (Lipinski definition) is 2. The van der Waals surface area contributed by atoms with Crippen molar-refractivity contribution in [3.05, 3.63) is 0 Å². The fraction of sp³-hybridized carbons (Fsp3) is 0.500. The fourth-order valence-corrected chi connectivity index (χ4v) is 1.20. The maximum atomic E-state index is 10.8. The van der Waals surface area contributed by atoms with Gasteiger partial charge in [-0.15, -0.1) is 12.3 Å². The smallest absolute Gasteiger partial charge is 0.323 e. The van der Waals surface area contributed by atoms with Gasteiger partial charge in [-0.2, -0.15) is 0 Å². The van der Waals surface area contributed by atoms with E-state index in [2.05, 4.69) is 5.92 Å². The molecule has 1 saturated heterocycles. The largest absolute Gasteiger partial charge is 0.480 e. The molecule has 0 aromatic carbocycles. The molecule has 1 rings (SSSR count). The first-order valence-electron chi connectivity index (χ1n) is 3.60. The minimum atomic E-state index is -0.995. The molecular weight excluding hydrogens is 158 g/mol. The van der Waals surface area contributed by atoms with Gasteiger partial charge < -0.3 is 10.0 Å². The summed E-state index contributed by atoms with van der Waals surface area (Å²) in [6.07, 6.45) is 5.87. The summed E-state index contributed by atoms with van der Waals surface area (Å²) in [5, 5.41) is 8.41. The molecule has 0 spiro atoms. The topological polar surface area (TPSA) is 57.6 Å². The number of carboxylic acids is 1. The third-order valence-corrected chi connectivity index (χ3v) is 1.83. The number of rotatable bonds is 3. The van der Waals surface area contributed by atoms with E-state index in [0.717, 1.165) is 0 Å². The number of carbonyl (C=O) groups is 2. The van der Waals surface area contributed by atoms with Crippen molar-refractivity contribution in [3.63, 3.8) is 0 Å². The van der Waals surface area contributed by atoms with Crippen molar-refractivity contribution in [3.8, 4) is 12.3 Å². The van der Waals surface area contributed by atoms with Crippen molar-refractivity contribution >= 4 is 11.9 Å². The minimum Gasteiger partial charge on any atom is -0.480 e. The van der Waals surface area contributed by atoms with Crippen LogP contribution >= 0.6 is 0 Å². The minimum absolute atomic E-state index is 0.0569. The molecule has 0 bridgehead atoms. The summed E-state index contributed by atoms with van der Waals surface area (Å²) in [5.41, 5.74) is 0. The molecule has 0 aromatic heterocycles. The molecule has 1 N–H and O–H groups in total. The molecule has 1 unspecified atom stereocenters. The van der Waals surface area contributed by atoms with Gasteiger partial charge in [0, 0.05) is 12.8 Å². The Morgan fingerprint density at radius 2 is 2.50 bits per heavy atom. The molecule has 4 nitrogen and oxygen atoms in total. The molecule has 0 saturated carbocycles. The van der Waals surface area contributed by atoms with Gasteiger partial charge in [-0.25, -0.2) is 0 Å². The van der Waals surface area contributed by atoms with E-state index in [9.17, 15) is 9.59 Å². The number of amides is 1. The standard InChI is InChI=1S/C8H9NO3/c1-2-3-6-4-7(10)9(6)5-8(11)12/h1,6H,3-5H2,(H,11,12). The summed E-state index contributed by atoms with van der Waals surface area (Å²) < 4.78 is 0. The summed E-state index contributed by atoms with van der Waals surface area (Å²) in [7, 11) is 0. The van der Waals surface area contributed by atoms with E-state index >= 15 is 0 Å². The Balaban J connectivity index is 2.45. The summed E-state index contributed by atoms with van der Waals surface area (Å²) >= 11 is 0. The Bertz CT molecular complexity index is 254. The van der Waals surface area contributed by atoms with Crippen LogP contribution in [0.2, 0.25) is 0 Å².